The van der Waals surface area contributed by atoms with Crippen molar-refractivity contribution in [1.29, 1.82) is 0 Å². The van der Waals surface area contributed by atoms with Gasteiger partial charge in [0.2, 0.25) is 11.8 Å². The molecule has 2 amide bonds. The zero-order valence-corrected chi connectivity index (χ0v) is 20.4. The molecule has 1 N–H and O–H groups in total. The quantitative estimate of drug-likeness (QED) is 0.540. The molecule has 7 heteroatoms. The molecule has 0 aromatic heterocycles. The van der Waals surface area contributed by atoms with Crippen LogP contribution in [0.5, 0.6) is 0 Å². The van der Waals surface area contributed by atoms with E-state index in [9.17, 15) is 14.4 Å². The molecule has 1 heterocycles. The van der Waals surface area contributed by atoms with E-state index in [4.69, 9.17) is 4.74 Å². The van der Waals surface area contributed by atoms with Gasteiger partial charge >= 0.3 is 0 Å². The molecule has 2 aromatic rings. The highest BCUT2D eigenvalue weighted by Crippen LogP contribution is 2.19. The molecule has 3 rings (SSSR count). The Morgan fingerprint density at radius 2 is 1.62 bits per heavy atom. The Bertz CT molecular complexity index is 964. The number of carbonyl (C=O) groups excluding carboxylic acids is 3. The number of hydrogen-bond donors (Lipinski definition) is 1. The van der Waals surface area contributed by atoms with Gasteiger partial charge in [-0.25, -0.2) is 0 Å². The molecular formula is C27H35N3O4. The molecule has 2 aromatic carbocycles. The molecule has 0 aliphatic carbocycles. The minimum absolute atomic E-state index is 0.0670. The number of ether oxygens (including phenoxy) is 1. The van der Waals surface area contributed by atoms with Crippen molar-refractivity contribution in [2.24, 2.45) is 5.92 Å². The molecular weight excluding hydrogens is 430 g/mol. The van der Waals surface area contributed by atoms with Gasteiger partial charge in [0.25, 0.3) is 0 Å². The van der Waals surface area contributed by atoms with Gasteiger partial charge in [0.05, 0.1) is 19.8 Å². The van der Waals surface area contributed by atoms with E-state index in [-0.39, 0.29) is 37.0 Å². The van der Waals surface area contributed by atoms with E-state index in [0.29, 0.717) is 17.2 Å². The highest BCUT2D eigenvalue weighted by atomic mass is 16.5. The summed E-state index contributed by atoms with van der Waals surface area (Å²) in [5.74, 6) is -0.0198. The van der Waals surface area contributed by atoms with E-state index in [2.05, 4.69) is 24.1 Å². The van der Waals surface area contributed by atoms with Crippen LogP contribution in [0.4, 0.5) is 11.4 Å². The van der Waals surface area contributed by atoms with Crippen LogP contribution in [0.15, 0.2) is 48.5 Å². The van der Waals surface area contributed by atoms with Gasteiger partial charge in [-0.1, -0.05) is 38.1 Å². The standard InChI is InChI=1S/C27H35N3O4/c1-20(2)18-21-4-6-22(7-5-21)25(31)12-13-27(33)29(3)19-26(32)28-23-8-10-24(11-9-23)30-14-16-34-17-15-30/h4-11,20H,12-19H2,1-3H3,(H,28,32). The Morgan fingerprint density at radius 1 is 0.971 bits per heavy atom. The first-order chi connectivity index (χ1) is 16.3. The Balaban J connectivity index is 1.42. The molecule has 1 fully saturated rings. The van der Waals surface area contributed by atoms with Crippen LogP contribution in [0.2, 0.25) is 0 Å². The lowest BCUT2D eigenvalue weighted by Crippen LogP contribution is -2.36. The summed E-state index contributed by atoms with van der Waals surface area (Å²) in [5.41, 5.74) is 3.58. The van der Waals surface area contributed by atoms with Gasteiger partial charge in [-0.15, -0.1) is 0 Å². The van der Waals surface area contributed by atoms with E-state index in [1.54, 1.807) is 7.05 Å². The van der Waals surface area contributed by atoms with E-state index in [1.807, 2.05) is 48.5 Å². The number of nitrogens with zero attached hydrogens (tertiary/aromatic N) is 2. The van der Waals surface area contributed by atoms with Crippen LogP contribution in [0.25, 0.3) is 0 Å². The minimum Gasteiger partial charge on any atom is -0.378 e. The molecule has 0 saturated carbocycles. The normalized spacial score (nSPS) is 13.6. The van der Waals surface area contributed by atoms with Crippen LogP contribution in [-0.4, -0.2) is 62.4 Å². The first-order valence-corrected chi connectivity index (χ1v) is 11.9. The second-order valence-electron chi connectivity index (χ2n) is 9.16. The summed E-state index contributed by atoms with van der Waals surface area (Å²) in [6.45, 7) is 7.38. The molecule has 0 atom stereocenters. The van der Waals surface area contributed by atoms with Crippen molar-refractivity contribution in [3.05, 3.63) is 59.7 Å². The molecule has 34 heavy (non-hydrogen) atoms. The Morgan fingerprint density at radius 3 is 2.24 bits per heavy atom. The van der Waals surface area contributed by atoms with Crippen molar-refractivity contribution in [1.82, 2.24) is 4.90 Å². The number of Topliss-reactive ketones (excluding diaryl/α,β-unsaturated/α-hetero) is 1. The average molecular weight is 466 g/mol. The maximum absolute atomic E-state index is 12.5. The maximum atomic E-state index is 12.5. The van der Waals surface area contributed by atoms with Gasteiger partial charge in [-0.2, -0.15) is 0 Å². The molecule has 1 aliphatic heterocycles. The highest BCUT2D eigenvalue weighted by Gasteiger charge is 2.16. The number of carbonyl (C=O) groups is 3. The fourth-order valence-electron chi connectivity index (χ4n) is 3.94. The first-order valence-electron chi connectivity index (χ1n) is 11.9. The van der Waals surface area contributed by atoms with E-state index in [1.165, 1.54) is 10.5 Å². The molecule has 0 bridgehead atoms. The van der Waals surface area contributed by atoms with Gasteiger partial charge in [0, 0.05) is 49.9 Å². The second-order valence-corrected chi connectivity index (χ2v) is 9.16. The Labute approximate surface area is 202 Å². The van der Waals surface area contributed by atoms with E-state index in [0.717, 1.165) is 38.4 Å². The van der Waals surface area contributed by atoms with Gasteiger partial charge in [0.15, 0.2) is 5.78 Å². The largest absolute Gasteiger partial charge is 0.378 e. The van der Waals surface area contributed by atoms with Gasteiger partial charge in [-0.3, -0.25) is 14.4 Å². The number of ketones is 1. The third-order valence-electron chi connectivity index (χ3n) is 5.82. The first kappa shape index (κ1) is 25.4. The van der Waals surface area contributed by atoms with Crippen LogP contribution in [0, 0.1) is 5.92 Å². The number of anilines is 2. The van der Waals surface area contributed by atoms with Crippen LogP contribution < -0.4 is 10.2 Å². The number of amides is 2. The van der Waals surface area contributed by atoms with E-state index < -0.39 is 0 Å². The number of morpholine rings is 1. The lowest BCUT2D eigenvalue weighted by molar-refractivity contribution is -0.133. The molecule has 0 unspecified atom stereocenters. The zero-order valence-electron chi connectivity index (χ0n) is 20.4. The summed E-state index contributed by atoms with van der Waals surface area (Å²) < 4.78 is 5.37. The summed E-state index contributed by atoms with van der Waals surface area (Å²) in [7, 11) is 1.58. The van der Waals surface area contributed by atoms with E-state index >= 15 is 0 Å². The zero-order chi connectivity index (χ0) is 24.5. The molecule has 0 spiro atoms. The minimum atomic E-state index is -0.276. The summed E-state index contributed by atoms with van der Waals surface area (Å²) in [5, 5.41) is 2.82. The fourth-order valence-corrected chi connectivity index (χ4v) is 3.94. The molecule has 0 radical (unpaired) electrons. The lowest BCUT2D eigenvalue weighted by atomic mass is 9.99. The Hall–Kier alpha value is -3.19. The van der Waals surface area contributed by atoms with Crippen molar-refractivity contribution in [3.63, 3.8) is 0 Å². The topological polar surface area (TPSA) is 79.0 Å². The predicted molar refractivity (Wildman–Crippen MR) is 134 cm³/mol. The summed E-state index contributed by atoms with van der Waals surface area (Å²) in [6, 6.07) is 15.2. The molecule has 182 valence electrons. The van der Waals surface area contributed by atoms with Gasteiger partial charge in [-0.05, 0) is 42.2 Å². The van der Waals surface area contributed by atoms with Crippen molar-refractivity contribution in [3.8, 4) is 0 Å². The predicted octanol–water partition coefficient (Wildman–Crippen LogP) is 3.78. The van der Waals surface area contributed by atoms with Gasteiger partial charge < -0.3 is 19.9 Å². The van der Waals surface area contributed by atoms with Crippen LogP contribution in [0.3, 0.4) is 0 Å². The average Bonchev–Trinajstić information content (AvgIpc) is 2.83. The van der Waals surface area contributed by atoms with Crippen molar-refractivity contribution < 1.29 is 19.1 Å². The third kappa shape index (κ3) is 7.70. The molecule has 1 saturated heterocycles. The summed E-state index contributed by atoms with van der Waals surface area (Å²) in [4.78, 5) is 40.9. The molecule has 1 aliphatic rings. The van der Waals surface area contributed by atoms with Crippen molar-refractivity contribution in [2.75, 3.05) is 50.1 Å². The fraction of sp³-hybridized carbons (Fsp3) is 0.444. The number of likely N-dealkylation sites (N-methyl/N-ethyl adjacent to an activating group) is 1. The van der Waals surface area contributed by atoms with Crippen LogP contribution in [-0.2, 0) is 20.7 Å². The summed E-state index contributed by atoms with van der Waals surface area (Å²) >= 11 is 0. The SMILES string of the molecule is CC(C)Cc1ccc(C(=O)CCC(=O)N(C)CC(=O)Nc2ccc(N3CCOCC3)cc2)cc1. The van der Waals surface area contributed by atoms with Crippen molar-refractivity contribution in [2.45, 2.75) is 33.1 Å². The molecule has 7 nitrogen and oxygen atoms in total. The number of hydrogen-bond acceptors (Lipinski definition) is 5. The number of benzene rings is 2. The van der Waals surface area contributed by atoms with Crippen LogP contribution >= 0.6 is 0 Å². The van der Waals surface area contributed by atoms with Gasteiger partial charge in [0.1, 0.15) is 0 Å². The smallest absolute Gasteiger partial charge is 0.243 e. The number of rotatable bonds is 10. The highest BCUT2D eigenvalue weighted by molar-refractivity contribution is 5.99. The van der Waals surface area contributed by atoms with Crippen LogP contribution in [0.1, 0.15) is 42.6 Å². The lowest BCUT2D eigenvalue weighted by Gasteiger charge is -2.28. The maximum Gasteiger partial charge on any atom is 0.243 e. The monoisotopic (exact) mass is 465 g/mol. The van der Waals surface area contributed by atoms with Crippen molar-refractivity contribution >= 4 is 29.0 Å². The second kappa shape index (κ2) is 12.3. The number of nitrogens with one attached hydrogen (secondary N) is 1. The third-order valence-corrected chi connectivity index (χ3v) is 5.82. The summed E-state index contributed by atoms with van der Waals surface area (Å²) in [6.07, 6.45) is 1.17. The Kier molecular flexibility index (Phi) is 9.22.